The number of rotatable bonds is 6. The molecule has 0 radical (unpaired) electrons. The molecule has 1 amide bonds. The molecule has 8 nitrogen and oxygen atoms in total. The highest BCUT2D eigenvalue weighted by Gasteiger charge is 2.13. The molecule has 1 heterocycles. The molecule has 23 heavy (non-hydrogen) atoms. The highest BCUT2D eigenvalue weighted by Crippen LogP contribution is 2.18. The predicted octanol–water partition coefficient (Wildman–Crippen LogP) is 1.28. The average Bonchev–Trinajstić information content (AvgIpc) is 2.52. The van der Waals surface area contributed by atoms with Gasteiger partial charge >= 0.3 is 0 Å². The minimum absolute atomic E-state index is 0.0175. The van der Waals surface area contributed by atoms with Crippen LogP contribution in [0.5, 0.6) is 0 Å². The van der Waals surface area contributed by atoms with Crippen molar-refractivity contribution in [3.63, 3.8) is 0 Å². The zero-order valence-electron chi connectivity index (χ0n) is 12.6. The number of hydrogen-bond donors (Lipinski definition) is 1. The van der Waals surface area contributed by atoms with Crippen LogP contribution in [0.25, 0.3) is 0 Å². The van der Waals surface area contributed by atoms with E-state index in [0.717, 1.165) is 0 Å². The summed E-state index contributed by atoms with van der Waals surface area (Å²) < 4.78 is 1.32. The number of carbonyl (C=O) groups is 1. The smallest absolute Gasteiger partial charge is 0.272 e. The van der Waals surface area contributed by atoms with Gasteiger partial charge in [-0.2, -0.15) is 5.10 Å². The largest absolute Gasteiger partial charge is 0.352 e. The van der Waals surface area contributed by atoms with Crippen LogP contribution < -0.4 is 10.9 Å². The van der Waals surface area contributed by atoms with E-state index >= 15 is 0 Å². The number of aromatic nitrogens is 2. The lowest BCUT2D eigenvalue weighted by molar-refractivity contribution is -0.385. The number of amides is 1. The van der Waals surface area contributed by atoms with Crippen molar-refractivity contribution in [1.29, 1.82) is 0 Å². The van der Waals surface area contributed by atoms with E-state index in [0.29, 0.717) is 30.6 Å². The molecular formula is C15H16N4O4. The van der Waals surface area contributed by atoms with Crippen LogP contribution in [0.15, 0.2) is 41.3 Å². The van der Waals surface area contributed by atoms with E-state index < -0.39 is 4.92 Å². The quantitative estimate of drug-likeness (QED) is 0.491. The fourth-order valence-corrected chi connectivity index (χ4v) is 2.09. The summed E-state index contributed by atoms with van der Waals surface area (Å²) >= 11 is 0. The first-order valence-corrected chi connectivity index (χ1v) is 7.04. The van der Waals surface area contributed by atoms with Gasteiger partial charge in [0.2, 0.25) is 0 Å². The molecule has 0 unspecified atom stereocenters. The molecule has 120 valence electrons. The van der Waals surface area contributed by atoms with E-state index in [4.69, 9.17) is 0 Å². The molecular weight excluding hydrogens is 300 g/mol. The lowest BCUT2D eigenvalue weighted by Gasteiger charge is -2.07. The highest BCUT2D eigenvalue weighted by molar-refractivity contribution is 5.94. The van der Waals surface area contributed by atoms with Gasteiger partial charge in [-0.05, 0) is 31.5 Å². The zero-order valence-corrected chi connectivity index (χ0v) is 12.6. The second-order valence-corrected chi connectivity index (χ2v) is 4.95. The molecule has 0 spiro atoms. The Bertz CT molecular complexity index is 785. The van der Waals surface area contributed by atoms with Crippen LogP contribution in [0.1, 0.15) is 22.3 Å². The molecule has 2 aromatic rings. The normalized spacial score (nSPS) is 10.3. The van der Waals surface area contributed by atoms with Crippen LogP contribution in [0.2, 0.25) is 0 Å². The third-order valence-electron chi connectivity index (χ3n) is 3.27. The molecule has 1 N–H and O–H groups in total. The molecule has 1 aromatic carbocycles. The molecule has 0 saturated heterocycles. The second kappa shape index (κ2) is 7.30. The van der Waals surface area contributed by atoms with Crippen molar-refractivity contribution in [2.45, 2.75) is 19.9 Å². The highest BCUT2D eigenvalue weighted by atomic mass is 16.6. The Balaban J connectivity index is 1.88. The Morgan fingerprint density at radius 2 is 2.17 bits per heavy atom. The van der Waals surface area contributed by atoms with Gasteiger partial charge in [0.15, 0.2) is 0 Å². The maximum absolute atomic E-state index is 12.0. The van der Waals surface area contributed by atoms with Gasteiger partial charge in [0.25, 0.3) is 17.2 Å². The van der Waals surface area contributed by atoms with Crippen molar-refractivity contribution in [2.75, 3.05) is 6.54 Å². The standard InChI is InChI=1S/C15H16N4O4/c1-11-10-12(5-6-13(11)19(22)23)15(21)16-7-3-9-18-14(20)4-2-8-17-18/h2,4-6,8,10H,3,7,9H2,1H3,(H,16,21). The zero-order chi connectivity index (χ0) is 16.8. The molecule has 0 atom stereocenters. The number of nitrogens with one attached hydrogen (secondary N) is 1. The van der Waals surface area contributed by atoms with Gasteiger partial charge in [0.05, 0.1) is 4.92 Å². The average molecular weight is 316 g/mol. The first-order valence-electron chi connectivity index (χ1n) is 7.04. The van der Waals surface area contributed by atoms with Crippen LogP contribution >= 0.6 is 0 Å². The third-order valence-corrected chi connectivity index (χ3v) is 3.27. The number of aryl methyl sites for hydroxylation is 2. The minimum Gasteiger partial charge on any atom is -0.352 e. The van der Waals surface area contributed by atoms with Crippen molar-refractivity contribution in [3.05, 3.63) is 68.1 Å². The molecule has 0 bridgehead atoms. The topological polar surface area (TPSA) is 107 Å². The first-order chi connectivity index (χ1) is 11.0. The molecule has 8 heteroatoms. The molecule has 0 aliphatic heterocycles. The van der Waals surface area contributed by atoms with Crippen LogP contribution in [-0.4, -0.2) is 27.2 Å². The van der Waals surface area contributed by atoms with Crippen molar-refractivity contribution in [1.82, 2.24) is 15.1 Å². The van der Waals surface area contributed by atoms with Crippen molar-refractivity contribution >= 4 is 11.6 Å². The Hall–Kier alpha value is -3.03. The van der Waals surface area contributed by atoms with Gasteiger partial charge in [0, 0.05) is 42.5 Å². The van der Waals surface area contributed by atoms with Gasteiger partial charge in [-0.15, -0.1) is 0 Å². The summed E-state index contributed by atoms with van der Waals surface area (Å²) in [5.74, 6) is -0.309. The van der Waals surface area contributed by atoms with E-state index in [1.54, 1.807) is 13.0 Å². The van der Waals surface area contributed by atoms with E-state index in [-0.39, 0.29) is 17.2 Å². The van der Waals surface area contributed by atoms with Crippen molar-refractivity contribution in [3.8, 4) is 0 Å². The lowest BCUT2D eigenvalue weighted by atomic mass is 10.1. The fraction of sp³-hybridized carbons (Fsp3) is 0.267. The molecule has 0 fully saturated rings. The summed E-state index contributed by atoms with van der Waals surface area (Å²) in [6.45, 7) is 2.36. The van der Waals surface area contributed by atoms with Gasteiger partial charge < -0.3 is 5.32 Å². The van der Waals surface area contributed by atoms with Crippen molar-refractivity contribution in [2.24, 2.45) is 0 Å². The van der Waals surface area contributed by atoms with Gasteiger partial charge in [-0.25, -0.2) is 4.68 Å². The second-order valence-electron chi connectivity index (χ2n) is 4.95. The number of hydrogen-bond acceptors (Lipinski definition) is 5. The SMILES string of the molecule is Cc1cc(C(=O)NCCCn2ncccc2=O)ccc1[N+](=O)[O-]. The van der Waals surface area contributed by atoms with Crippen LogP contribution in [0.4, 0.5) is 5.69 Å². The van der Waals surface area contributed by atoms with Gasteiger partial charge in [-0.1, -0.05) is 0 Å². The van der Waals surface area contributed by atoms with E-state index in [9.17, 15) is 19.7 Å². The predicted molar refractivity (Wildman–Crippen MR) is 83.3 cm³/mol. The molecule has 0 aliphatic carbocycles. The van der Waals surface area contributed by atoms with Gasteiger partial charge in [0.1, 0.15) is 0 Å². The van der Waals surface area contributed by atoms with Crippen LogP contribution in [0, 0.1) is 17.0 Å². The van der Waals surface area contributed by atoms with E-state index in [1.165, 1.54) is 35.1 Å². The van der Waals surface area contributed by atoms with Crippen LogP contribution in [0.3, 0.4) is 0 Å². The Kier molecular flexibility index (Phi) is 5.19. The maximum Gasteiger partial charge on any atom is 0.272 e. The van der Waals surface area contributed by atoms with E-state index in [1.807, 2.05) is 0 Å². The lowest BCUT2D eigenvalue weighted by Crippen LogP contribution is -2.27. The molecule has 0 aliphatic rings. The summed E-state index contributed by atoms with van der Waals surface area (Å²) in [7, 11) is 0. The summed E-state index contributed by atoms with van der Waals surface area (Å²) in [5.41, 5.74) is 0.590. The molecule has 0 saturated carbocycles. The Morgan fingerprint density at radius 1 is 1.39 bits per heavy atom. The Morgan fingerprint density at radius 3 is 2.83 bits per heavy atom. The number of nitrogens with zero attached hydrogens (tertiary/aromatic N) is 3. The van der Waals surface area contributed by atoms with E-state index in [2.05, 4.69) is 10.4 Å². The molecule has 1 aromatic heterocycles. The van der Waals surface area contributed by atoms with Crippen molar-refractivity contribution < 1.29 is 9.72 Å². The summed E-state index contributed by atoms with van der Waals surface area (Å²) in [5, 5.41) is 17.4. The summed E-state index contributed by atoms with van der Waals surface area (Å²) in [4.78, 5) is 33.7. The summed E-state index contributed by atoms with van der Waals surface area (Å²) in [6, 6.07) is 7.21. The monoisotopic (exact) mass is 316 g/mol. The maximum atomic E-state index is 12.0. The number of benzene rings is 1. The van der Waals surface area contributed by atoms with Crippen LogP contribution in [-0.2, 0) is 6.54 Å². The minimum atomic E-state index is -0.485. The van der Waals surface area contributed by atoms with Gasteiger partial charge in [-0.3, -0.25) is 19.7 Å². The summed E-state index contributed by atoms with van der Waals surface area (Å²) in [6.07, 6.45) is 2.08. The fourth-order valence-electron chi connectivity index (χ4n) is 2.09. The molecule has 2 rings (SSSR count). The number of nitro benzene ring substituents is 1. The number of nitro groups is 1. The first kappa shape index (κ1) is 16.3. The Labute approximate surface area is 131 Å². The number of carbonyl (C=O) groups excluding carboxylic acids is 1. The third kappa shape index (κ3) is 4.22.